The molecule has 3 nitrogen and oxygen atoms in total. The second-order valence-electron chi connectivity index (χ2n) is 2.51. The highest BCUT2D eigenvalue weighted by molar-refractivity contribution is 6.31. The average Bonchev–Trinajstić information content (AvgIpc) is 2.11. The zero-order valence-corrected chi connectivity index (χ0v) is 8.14. The first-order chi connectivity index (χ1) is 6.56. The molecule has 1 N–H and O–H groups in total. The Bertz CT molecular complexity index is 365. The third kappa shape index (κ3) is 2.14. The lowest BCUT2D eigenvalue weighted by Gasteiger charge is -2.04. The highest BCUT2D eigenvalue weighted by Crippen LogP contribution is 2.25. The molecule has 0 heterocycles. The van der Waals surface area contributed by atoms with Crippen LogP contribution < -0.4 is 0 Å². The maximum absolute atomic E-state index is 13.1. The summed E-state index contributed by atoms with van der Waals surface area (Å²) in [6.45, 7) is 1.73. The van der Waals surface area contributed by atoms with Crippen LogP contribution in [-0.4, -0.2) is 17.7 Å². The third-order valence-corrected chi connectivity index (χ3v) is 1.73. The maximum atomic E-state index is 13.1. The third-order valence-electron chi connectivity index (χ3n) is 1.51. The molecule has 0 fully saturated rings. The van der Waals surface area contributed by atoms with Crippen molar-refractivity contribution in [3.63, 3.8) is 0 Å². The Labute approximate surface area is 85.1 Å². The number of phenols is 1. The van der Waals surface area contributed by atoms with E-state index in [1.54, 1.807) is 6.92 Å². The van der Waals surface area contributed by atoms with Crippen LogP contribution in [0.3, 0.4) is 0 Å². The van der Waals surface area contributed by atoms with E-state index in [-0.39, 0.29) is 17.2 Å². The van der Waals surface area contributed by atoms with E-state index in [9.17, 15) is 9.18 Å². The number of aromatic hydroxyl groups is 1. The van der Waals surface area contributed by atoms with Crippen LogP contribution in [0, 0.1) is 5.82 Å². The molecule has 0 amide bonds. The van der Waals surface area contributed by atoms with E-state index < -0.39 is 17.5 Å². The van der Waals surface area contributed by atoms with Gasteiger partial charge in [0.1, 0.15) is 5.56 Å². The molecule has 14 heavy (non-hydrogen) atoms. The van der Waals surface area contributed by atoms with Gasteiger partial charge in [-0.15, -0.1) is 0 Å². The lowest BCUT2D eigenvalue weighted by atomic mass is 10.2. The first kappa shape index (κ1) is 10.8. The number of esters is 1. The SMILES string of the molecule is CCOC(=O)c1cc(Cl)cc(O)c1F. The summed E-state index contributed by atoms with van der Waals surface area (Å²) in [5, 5.41) is 9.11. The van der Waals surface area contributed by atoms with Crippen LogP contribution in [0.1, 0.15) is 17.3 Å². The molecule has 0 unspecified atom stereocenters. The second kappa shape index (κ2) is 4.28. The minimum absolute atomic E-state index is 0.0759. The molecule has 0 radical (unpaired) electrons. The van der Waals surface area contributed by atoms with E-state index in [0.29, 0.717) is 0 Å². The Morgan fingerprint density at radius 3 is 2.86 bits per heavy atom. The molecule has 0 bridgehead atoms. The molecule has 1 aromatic rings. The standard InChI is InChI=1S/C9H8ClFO3/c1-2-14-9(13)6-3-5(10)4-7(12)8(6)11/h3-4,12H,2H2,1H3. The van der Waals surface area contributed by atoms with Crippen molar-refractivity contribution < 1.29 is 19.0 Å². The summed E-state index contributed by atoms with van der Waals surface area (Å²) in [4.78, 5) is 11.1. The number of benzene rings is 1. The van der Waals surface area contributed by atoms with Crippen LogP contribution in [0.25, 0.3) is 0 Å². The fourth-order valence-corrected chi connectivity index (χ4v) is 1.14. The van der Waals surface area contributed by atoms with Crippen molar-refractivity contribution in [3.05, 3.63) is 28.5 Å². The van der Waals surface area contributed by atoms with Crippen LogP contribution in [0.15, 0.2) is 12.1 Å². The highest BCUT2D eigenvalue weighted by Gasteiger charge is 2.17. The molecule has 0 aliphatic heterocycles. The van der Waals surface area contributed by atoms with Crippen molar-refractivity contribution in [3.8, 4) is 5.75 Å². The van der Waals surface area contributed by atoms with Gasteiger partial charge in [0.15, 0.2) is 11.6 Å². The molecular formula is C9H8ClFO3. The van der Waals surface area contributed by atoms with Crippen LogP contribution in [0.4, 0.5) is 4.39 Å². The Hall–Kier alpha value is -1.29. The van der Waals surface area contributed by atoms with E-state index in [2.05, 4.69) is 4.74 Å². The number of phenolic OH excluding ortho intramolecular Hbond substituents is 1. The van der Waals surface area contributed by atoms with Gasteiger partial charge < -0.3 is 9.84 Å². The monoisotopic (exact) mass is 218 g/mol. The van der Waals surface area contributed by atoms with Gasteiger partial charge >= 0.3 is 5.97 Å². The van der Waals surface area contributed by atoms with Gasteiger partial charge in [0.05, 0.1) is 6.61 Å². The Morgan fingerprint density at radius 1 is 1.64 bits per heavy atom. The minimum atomic E-state index is -1.02. The quantitative estimate of drug-likeness (QED) is 0.776. The summed E-state index contributed by atoms with van der Waals surface area (Å²) < 4.78 is 17.7. The average molecular weight is 219 g/mol. The van der Waals surface area contributed by atoms with E-state index in [4.69, 9.17) is 16.7 Å². The molecule has 0 saturated heterocycles. The predicted octanol–water partition coefficient (Wildman–Crippen LogP) is 2.36. The number of carbonyl (C=O) groups excluding carboxylic acids is 1. The zero-order chi connectivity index (χ0) is 10.7. The number of halogens is 2. The molecule has 1 aromatic carbocycles. The number of hydrogen-bond acceptors (Lipinski definition) is 3. The smallest absolute Gasteiger partial charge is 0.341 e. The van der Waals surface area contributed by atoms with Crippen LogP contribution in [-0.2, 0) is 4.74 Å². The van der Waals surface area contributed by atoms with Crippen LogP contribution in [0.2, 0.25) is 5.02 Å². The fourth-order valence-electron chi connectivity index (χ4n) is 0.932. The van der Waals surface area contributed by atoms with Crippen molar-refractivity contribution in [1.29, 1.82) is 0 Å². The summed E-state index contributed by atoms with van der Waals surface area (Å²) in [5.41, 5.74) is -0.364. The molecular weight excluding hydrogens is 211 g/mol. The molecule has 0 aliphatic rings. The number of ether oxygens (including phenoxy) is 1. The Kier molecular flexibility index (Phi) is 3.30. The summed E-state index contributed by atoms with van der Waals surface area (Å²) in [6.07, 6.45) is 0. The maximum Gasteiger partial charge on any atom is 0.341 e. The largest absolute Gasteiger partial charge is 0.505 e. The van der Waals surface area contributed by atoms with Gasteiger partial charge in [-0.2, -0.15) is 0 Å². The Morgan fingerprint density at radius 2 is 2.29 bits per heavy atom. The first-order valence-electron chi connectivity index (χ1n) is 3.91. The van der Waals surface area contributed by atoms with E-state index in [1.807, 2.05) is 0 Å². The van der Waals surface area contributed by atoms with Crippen molar-refractivity contribution >= 4 is 17.6 Å². The van der Waals surface area contributed by atoms with Gasteiger partial charge in [0.2, 0.25) is 0 Å². The van der Waals surface area contributed by atoms with Gasteiger partial charge in [0.25, 0.3) is 0 Å². The molecule has 0 aromatic heterocycles. The van der Waals surface area contributed by atoms with E-state index in [0.717, 1.165) is 12.1 Å². The number of rotatable bonds is 2. The molecule has 0 saturated carbocycles. The first-order valence-corrected chi connectivity index (χ1v) is 4.29. The fraction of sp³-hybridized carbons (Fsp3) is 0.222. The highest BCUT2D eigenvalue weighted by atomic mass is 35.5. The van der Waals surface area contributed by atoms with Gasteiger partial charge in [-0.1, -0.05) is 11.6 Å². The molecule has 1 rings (SSSR count). The summed E-state index contributed by atoms with van der Waals surface area (Å²) >= 11 is 5.53. The topological polar surface area (TPSA) is 46.5 Å². The summed E-state index contributed by atoms with van der Waals surface area (Å²) in [7, 11) is 0. The lowest BCUT2D eigenvalue weighted by Crippen LogP contribution is -2.07. The van der Waals surface area contributed by atoms with Gasteiger partial charge in [-0.3, -0.25) is 0 Å². The molecule has 0 aliphatic carbocycles. The van der Waals surface area contributed by atoms with Crippen molar-refractivity contribution in [2.24, 2.45) is 0 Å². The summed E-state index contributed by atoms with van der Waals surface area (Å²) in [5.74, 6) is -2.53. The van der Waals surface area contributed by atoms with Crippen LogP contribution >= 0.6 is 11.6 Å². The molecule has 0 spiro atoms. The molecule has 76 valence electrons. The normalized spacial score (nSPS) is 9.93. The van der Waals surface area contributed by atoms with E-state index >= 15 is 0 Å². The minimum Gasteiger partial charge on any atom is -0.505 e. The predicted molar refractivity (Wildman–Crippen MR) is 49.0 cm³/mol. The molecule has 5 heteroatoms. The number of hydrogen-bond donors (Lipinski definition) is 1. The molecule has 0 atom stereocenters. The van der Waals surface area contributed by atoms with Gasteiger partial charge in [0, 0.05) is 11.1 Å². The van der Waals surface area contributed by atoms with Gasteiger partial charge in [-0.25, -0.2) is 9.18 Å². The zero-order valence-electron chi connectivity index (χ0n) is 7.38. The van der Waals surface area contributed by atoms with Crippen molar-refractivity contribution in [2.75, 3.05) is 6.61 Å². The van der Waals surface area contributed by atoms with Crippen molar-refractivity contribution in [2.45, 2.75) is 6.92 Å². The lowest BCUT2D eigenvalue weighted by molar-refractivity contribution is 0.0520. The van der Waals surface area contributed by atoms with E-state index in [1.165, 1.54) is 0 Å². The Balaban J connectivity index is 3.13. The van der Waals surface area contributed by atoms with Gasteiger partial charge in [-0.05, 0) is 13.0 Å². The van der Waals surface area contributed by atoms with Crippen molar-refractivity contribution in [1.82, 2.24) is 0 Å². The second-order valence-corrected chi connectivity index (χ2v) is 2.94. The number of carbonyl (C=O) groups is 1. The van der Waals surface area contributed by atoms with Crippen LogP contribution in [0.5, 0.6) is 5.75 Å². The summed E-state index contributed by atoms with van der Waals surface area (Å²) in [6, 6.07) is 2.12.